The zero-order valence-corrected chi connectivity index (χ0v) is 22.1. The number of halogens is 4. The van der Waals surface area contributed by atoms with Gasteiger partial charge in [0.1, 0.15) is 34.5 Å². The average Bonchev–Trinajstić information content (AvgIpc) is 2.84. The zero-order valence-electron chi connectivity index (χ0n) is 19.7. The first-order chi connectivity index (χ1) is 16.7. The third-order valence-corrected chi connectivity index (χ3v) is 6.22. The van der Waals surface area contributed by atoms with Crippen molar-refractivity contribution in [3.63, 3.8) is 0 Å². The maximum Gasteiger partial charge on any atom is 0.269 e. The molecule has 0 spiro atoms. The van der Waals surface area contributed by atoms with Gasteiger partial charge in [-0.2, -0.15) is 0 Å². The highest BCUT2D eigenvalue weighted by Gasteiger charge is 2.15. The molecular weight excluding hydrogens is 560 g/mol. The van der Waals surface area contributed by atoms with Crippen molar-refractivity contribution in [3.05, 3.63) is 97.4 Å². The maximum absolute atomic E-state index is 13.9. The van der Waals surface area contributed by atoms with E-state index in [-0.39, 0.29) is 52.9 Å². The topological polar surface area (TPSA) is 92.6 Å². The van der Waals surface area contributed by atoms with Gasteiger partial charge in [0, 0.05) is 29.9 Å². The van der Waals surface area contributed by atoms with Crippen LogP contribution in [0, 0.1) is 18.6 Å². The van der Waals surface area contributed by atoms with E-state index in [0.717, 1.165) is 23.3 Å². The van der Waals surface area contributed by atoms with Crippen molar-refractivity contribution < 1.29 is 23.4 Å². The van der Waals surface area contributed by atoms with Crippen LogP contribution >= 0.6 is 28.3 Å². The SMILES string of the molecule is CN[C@@H](CO)C(=O)NCc1ccc(Cn2c(C)cc(OCc3ccc(F)cc3F)c(Br)c2=O)cc1.Cl. The summed E-state index contributed by atoms with van der Waals surface area (Å²) in [5.74, 6) is -1.42. The summed E-state index contributed by atoms with van der Waals surface area (Å²) in [5.41, 5.74) is 2.26. The van der Waals surface area contributed by atoms with Gasteiger partial charge in [0.2, 0.25) is 5.91 Å². The molecule has 11 heteroatoms. The van der Waals surface area contributed by atoms with Crippen LogP contribution in [0.3, 0.4) is 0 Å². The number of pyridine rings is 1. The van der Waals surface area contributed by atoms with Crippen LogP contribution in [0.25, 0.3) is 0 Å². The molecular formula is C25H27BrClF2N3O4. The molecule has 1 heterocycles. The lowest BCUT2D eigenvalue weighted by Crippen LogP contribution is -2.44. The molecule has 0 saturated carbocycles. The predicted octanol–water partition coefficient (Wildman–Crippen LogP) is 3.44. The number of aliphatic hydroxyl groups excluding tert-OH is 1. The number of benzene rings is 2. The van der Waals surface area contributed by atoms with Crippen molar-refractivity contribution in [2.75, 3.05) is 13.7 Å². The van der Waals surface area contributed by atoms with Crippen molar-refractivity contribution in [1.29, 1.82) is 0 Å². The van der Waals surface area contributed by atoms with E-state index in [1.54, 1.807) is 24.6 Å². The lowest BCUT2D eigenvalue weighted by molar-refractivity contribution is -0.124. The van der Waals surface area contributed by atoms with Crippen molar-refractivity contribution in [3.8, 4) is 5.75 Å². The number of aryl methyl sites for hydroxylation is 1. The number of aliphatic hydroxyl groups is 1. The second-order valence-electron chi connectivity index (χ2n) is 7.94. The minimum absolute atomic E-state index is 0. The second kappa shape index (κ2) is 13.5. The molecule has 0 aliphatic carbocycles. The summed E-state index contributed by atoms with van der Waals surface area (Å²) >= 11 is 3.28. The van der Waals surface area contributed by atoms with Crippen LogP contribution in [0.15, 0.2) is 57.8 Å². The predicted molar refractivity (Wildman–Crippen MR) is 138 cm³/mol. The first-order valence-corrected chi connectivity index (χ1v) is 11.6. The molecule has 0 aliphatic heterocycles. The van der Waals surface area contributed by atoms with Crippen LogP contribution < -0.4 is 20.9 Å². The van der Waals surface area contributed by atoms with Crippen molar-refractivity contribution in [2.45, 2.75) is 32.7 Å². The van der Waals surface area contributed by atoms with Crippen LogP contribution in [-0.4, -0.2) is 35.3 Å². The Kier molecular flexibility index (Phi) is 11.0. The standard InChI is InChI=1S/C25H26BrF2N3O4.ClH/c1-15-9-22(35-14-18-7-8-19(27)10-20(18)28)23(26)25(34)31(15)12-17-5-3-16(4-6-17)11-30-24(33)21(13-32)29-2;/h3-10,21,29,32H,11-14H2,1-2H3,(H,30,33);1H/t21-;/m0./s1. The molecule has 3 N–H and O–H groups in total. The van der Waals surface area contributed by atoms with Crippen molar-refractivity contribution in [2.24, 2.45) is 0 Å². The van der Waals surface area contributed by atoms with E-state index in [9.17, 15) is 18.4 Å². The van der Waals surface area contributed by atoms with E-state index in [2.05, 4.69) is 26.6 Å². The fourth-order valence-corrected chi connectivity index (χ4v) is 3.82. The smallest absolute Gasteiger partial charge is 0.269 e. The largest absolute Gasteiger partial charge is 0.487 e. The number of carbonyl (C=O) groups is 1. The summed E-state index contributed by atoms with van der Waals surface area (Å²) in [4.78, 5) is 24.9. The van der Waals surface area contributed by atoms with E-state index in [0.29, 0.717) is 18.8 Å². The molecule has 0 aliphatic rings. The number of nitrogens with one attached hydrogen (secondary N) is 2. The Balaban J connectivity index is 0.00000456. The van der Waals surface area contributed by atoms with Gasteiger partial charge < -0.3 is 25.0 Å². The Morgan fingerprint density at radius 1 is 1.14 bits per heavy atom. The van der Waals surface area contributed by atoms with Gasteiger partial charge in [-0.25, -0.2) is 8.78 Å². The van der Waals surface area contributed by atoms with Gasteiger partial charge in [-0.05, 0) is 53.2 Å². The number of rotatable bonds is 10. The lowest BCUT2D eigenvalue weighted by atomic mass is 10.1. The normalized spacial score (nSPS) is 11.5. The van der Waals surface area contributed by atoms with Gasteiger partial charge >= 0.3 is 0 Å². The van der Waals surface area contributed by atoms with Gasteiger partial charge in [0.05, 0.1) is 13.2 Å². The molecule has 0 radical (unpaired) electrons. The van der Waals surface area contributed by atoms with Gasteiger partial charge in [-0.1, -0.05) is 24.3 Å². The molecule has 3 aromatic rings. The molecule has 0 unspecified atom stereocenters. The Labute approximate surface area is 222 Å². The number of nitrogens with zero attached hydrogens (tertiary/aromatic N) is 1. The number of aromatic nitrogens is 1. The zero-order chi connectivity index (χ0) is 25.5. The number of hydrogen-bond donors (Lipinski definition) is 3. The summed E-state index contributed by atoms with van der Waals surface area (Å²) in [5, 5.41) is 14.6. The Morgan fingerprint density at radius 3 is 2.42 bits per heavy atom. The third-order valence-electron chi connectivity index (χ3n) is 5.49. The summed E-state index contributed by atoms with van der Waals surface area (Å²) in [6.45, 7) is 1.94. The van der Waals surface area contributed by atoms with Gasteiger partial charge in [0.25, 0.3) is 5.56 Å². The molecule has 1 atom stereocenters. The summed E-state index contributed by atoms with van der Waals surface area (Å²) in [6, 6.07) is 11.7. The first kappa shape index (κ1) is 29.4. The van der Waals surface area contributed by atoms with Crippen molar-refractivity contribution in [1.82, 2.24) is 15.2 Å². The fraction of sp³-hybridized carbons (Fsp3) is 0.280. The molecule has 0 bridgehead atoms. The monoisotopic (exact) mass is 585 g/mol. The molecule has 7 nitrogen and oxygen atoms in total. The van der Waals surface area contributed by atoms with Crippen LogP contribution in [-0.2, 0) is 24.5 Å². The van der Waals surface area contributed by atoms with E-state index in [4.69, 9.17) is 9.84 Å². The van der Waals surface area contributed by atoms with Gasteiger partial charge in [0.15, 0.2) is 0 Å². The van der Waals surface area contributed by atoms with Crippen LogP contribution in [0.5, 0.6) is 5.75 Å². The molecule has 36 heavy (non-hydrogen) atoms. The highest BCUT2D eigenvalue weighted by atomic mass is 79.9. The number of carbonyl (C=O) groups excluding carboxylic acids is 1. The Bertz CT molecular complexity index is 1250. The highest BCUT2D eigenvalue weighted by molar-refractivity contribution is 9.10. The summed E-state index contributed by atoms with van der Waals surface area (Å²) < 4.78 is 34.4. The average molecular weight is 587 g/mol. The van der Waals surface area contributed by atoms with Gasteiger partial charge in [-0.15, -0.1) is 12.4 Å². The van der Waals surface area contributed by atoms with E-state index >= 15 is 0 Å². The molecule has 0 saturated heterocycles. The van der Waals surface area contributed by atoms with E-state index < -0.39 is 17.7 Å². The molecule has 3 rings (SSSR count). The van der Waals surface area contributed by atoms with Crippen molar-refractivity contribution >= 4 is 34.2 Å². The number of likely N-dealkylation sites (N-methyl/N-ethyl adjacent to an activating group) is 1. The molecule has 0 fully saturated rings. The van der Waals surface area contributed by atoms with E-state index in [1.165, 1.54) is 6.07 Å². The number of ether oxygens (including phenoxy) is 1. The fourth-order valence-electron chi connectivity index (χ4n) is 3.37. The molecule has 1 aromatic heterocycles. The third kappa shape index (κ3) is 7.36. The minimum Gasteiger partial charge on any atom is -0.487 e. The molecule has 1 amide bonds. The summed E-state index contributed by atoms with van der Waals surface area (Å²) in [7, 11) is 1.60. The van der Waals surface area contributed by atoms with Crippen LogP contribution in [0.1, 0.15) is 22.4 Å². The Morgan fingerprint density at radius 2 is 1.81 bits per heavy atom. The first-order valence-electron chi connectivity index (χ1n) is 10.8. The number of hydrogen-bond acceptors (Lipinski definition) is 5. The highest BCUT2D eigenvalue weighted by Crippen LogP contribution is 2.24. The van der Waals surface area contributed by atoms with Gasteiger partial charge in [-0.3, -0.25) is 9.59 Å². The molecule has 194 valence electrons. The Hall–Kier alpha value is -2.79. The summed E-state index contributed by atoms with van der Waals surface area (Å²) in [6.07, 6.45) is 0. The van der Waals surface area contributed by atoms with E-state index in [1.807, 2.05) is 24.3 Å². The van der Waals surface area contributed by atoms with Crippen LogP contribution in [0.2, 0.25) is 0 Å². The number of amides is 1. The molecule has 2 aromatic carbocycles. The van der Waals surface area contributed by atoms with Crippen LogP contribution in [0.4, 0.5) is 8.78 Å². The lowest BCUT2D eigenvalue weighted by Gasteiger charge is -2.15. The second-order valence-corrected chi connectivity index (χ2v) is 8.73. The quantitative estimate of drug-likeness (QED) is 0.339. The maximum atomic E-state index is 13.9. The minimum atomic E-state index is -0.718.